The van der Waals surface area contributed by atoms with Gasteiger partial charge in [-0.05, 0) is 36.6 Å². The van der Waals surface area contributed by atoms with Gasteiger partial charge in [0.15, 0.2) is 11.5 Å². The summed E-state index contributed by atoms with van der Waals surface area (Å²) in [6.07, 6.45) is 5.61. The Morgan fingerprint density at radius 1 is 1.14 bits per heavy atom. The second kappa shape index (κ2) is 9.25. The Kier molecular flexibility index (Phi) is 6.52. The molecular formula is C20H26N4O4. The largest absolute Gasteiger partial charge is 0.493 e. The number of ether oxygens (including phenoxy) is 3. The maximum Gasteiger partial charge on any atom is 0.225 e. The SMILES string of the molecule is COc1cc(CC(=O)NC2CCCN(c3ncccn3)C2)cc(OC)c1OC. The average molecular weight is 386 g/mol. The van der Waals surface area contributed by atoms with E-state index in [-0.39, 0.29) is 18.4 Å². The minimum atomic E-state index is -0.0462. The lowest BCUT2D eigenvalue weighted by atomic mass is 10.0. The van der Waals surface area contributed by atoms with Gasteiger partial charge in [0.2, 0.25) is 17.6 Å². The number of hydrogen-bond donors (Lipinski definition) is 1. The number of anilines is 1. The van der Waals surface area contributed by atoms with E-state index in [0.717, 1.165) is 24.9 Å². The van der Waals surface area contributed by atoms with Gasteiger partial charge in [0.25, 0.3) is 0 Å². The Balaban J connectivity index is 1.64. The van der Waals surface area contributed by atoms with Crippen LogP contribution >= 0.6 is 0 Å². The van der Waals surface area contributed by atoms with Crippen molar-refractivity contribution in [1.82, 2.24) is 15.3 Å². The molecule has 1 aliphatic heterocycles. The molecule has 0 saturated carbocycles. The van der Waals surface area contributed by atoms with Crippen LogP contribution < -0.4 is 24.4 Å². The molecule has 0 radical (unpaired) electrons. The molecule has 1 aliphatic rings. The molecule has 0 spiro atoms. The summed E-state index contributed by atoms with van der Waals surface area (Å²) in [5.41, 5.74) is 0.797. The van der Waals surface area contributed by atoms with Crippen molar-refractivity contribution >= 4 is 11.9 Å². The topological polar surface area (TPSA) is 85.8 Å². The third kappa shape index (κ3) is 4.62. The fourth-order valence-electron chi connectivity index (χ4n) is 3.43. The van der Waals surface area contributed by atoms with Gasteiger partial charge in [0.05, 0.1) is 27.8 Å². The molecule has 1 saturated heterocycles. The van der Waals surface area contributed by atoms with E-state index in [1.807, 2.05) is 0 Å². The van der Waals surface area contributed by atoms with Crippen LogP contribution in [-0.4, -0.2) is 56.3 Å². The third-order valence-electron chi connectivity index (χ3n) is 4.71. The summed E-state index contributed by atoms with van der Waals surface area (Å²) in [6, 6.07) is 5.45. The number of aromatic nitrogens is 2. The van der Waals surface area contributed by atoms with Crippen LogP contribution in [0.2, 0.25) is 0 Å². The van der Waals surface area contributed by atoms with Crippen LogP contribution in [0.1, 0.15) is 18.4 Å². The highest BCUT2D eigenvalue weighted by Gasteiger charge is 2.23. The minimum absolute atomic E-state index is 0.0462. The van der Waals surface area contributed by atoms with Gasteiger partial charge in [-0.2, -0.15) is 0 Å². The van der Waals surface area contributed by atoms with E-state index in [9.17, 15) is 4.79 Å². The van der Waals surface area contributed by atoms with Gasteiger partial charge in [-0.3, -0.25) is 4.79 Å². The van der Waals surface area contributed by atoms with E-state index in [1.165, 1.54) is 0 Å². The highest BCUT2D eigenvalue weighted by molar-refractivity contribution is 5.79. The molecule has 1 atom stereocenters. The standard InChI is InChI=1S/C20H26N4O4/c1-26-16-10-14(11-17(27-2)19(16)28-3)12-18(25)23-15-6-4-9-24(13-15)20-21-7-5-8-22-20/h5,7-8,10-11,15H,4,6,9,12-13H2,1-3H3,(H,23,25). The summed E-state index contributed by atoms with van der Waals surface area (Å²) in [5, 5.41) is 3.12. The van der Waals surface area contributed by atoms with Crippen LogP contribution in [0.4, 0.5) is 5.95 Å². The van der Waals surface area contributed by atoms with Crippen molar-refractivity contribution < 1.29 is 19.0 Å². The number of carbonyl (C=O) groups is 1. The Morgan fingerprint density at radius 2 is 1.82 bits per heavy atom. The van der Waals surface area contributed by atoms with E-state index >= 15 is 0 Å². The number of hydrogen-bond acceptors (Lipinski definition) is 7. The van der Waals surface area contributed by atoms with E-state index in [2.05, 4.69) is 20.2 Å². The predicted molar refractivity (Wildman–Crippen MR) is 105 cm³/mol. The summed E-state index contributed by atoms with van der Waals surface area (Å²) in [7, 11) is 4.67. The number of carbonyl (C=O) groups excluding carboxylic acids is 1. The van der Waals surface area contributed by atoms with E-state index in [1.54, 1.807) is 51.9 Å². The van der Waals surface area contributed by atoms with Crippen molar-refractivity contribution in [3.8, 4) is 17.2 Å². The molecule has 1 aromatic carbocycles. The lowest BCUT2D eigenvalue weighted by Gasteiger charge is -2.33. The minimum Gasteiger partial charge on any atom is -0.493 e. The number of methoxy groups -OCH3 is 3. The molecule has 8 heteroatoms. The summed E-state index contributed by atoms with van der Waals surface area (Å²) < 4.78 is 16.0. The van der Waals surface area contributed by atoms with Crippen molar-refractivity contribution in [3.63, 3.8) is 0 Å². The molecule has 1 fully saturated rings. The van der Waals surface area contributed by atoms with E-state index in [4.69, 9.17) is 14.2 Å². The molecule has 0 bridgehead atoms. The lowest BCUT2D eigenvalue weighted by molar-refractivity contribution is -0.121. The zero-order valence-corrected chi connectivity index (χ0v) is 16.5. The Bertz CT molecular complexity index is 775. The number of amides is 1. The first-order valence-electron chi connectivity index (χ1n) is 9.24. The van der Waals surface area contributed by atoms with Gasteiger partial charge in [0.1, 0.15) is 0 Å². The molecule has 1 aromatic heterocycles. The molecule has 28 heavy (non-hydrogen) atoms. The number of nitrogens with one attached hydrogen (secondary N) is 1. The molecule has 8 nitrogen and oxygen atoms in total. The number of rotatable bonds is 7. The van der Waals surface area contributed by atoms with Crippen LogP contribution in [-0.2, 0) is 11.2 Å². The molecule has 3 rings (SSSR count). The zero-order valence-electron chi connectivity index (χ0n) is 16.5. The first kappa shape index (κ1) is 19.7. The average Bonchev–Trinajstić information content (AvgIpc) is 2.73. The van der Waals surface area contributed by atoms with Gasteiger partial charge < -0.3 is 24.4 Å². The van der Waals surface area contributed by atoms with Crippen LogP contribution in [0.25, 0.3) is 0 Å². The van der Waals surface area contributed by atoms with Gasteiger partial charge >= 0.3 is 0 Å². The Hall–Kier alpha value is -3.03. The Labute approximate surface area is 164 Å². The summed E-state index contributed by atoms with van der Waals surface area (Å²) >= 11 is 0. The van der Waals surface area contributed by atoms with Crippen molar-refractivity contribution in [2.45, 2.75) is 25.3 Å². The maximum atomic E-state index is 12.6. The van der Waals surface area contributed by atoms with E-state index in [0.29, 0.717) is 29.7 Å². The van der Waals surface area contributed by atoms with Crippen LogP contribution in [0.3, 0.4) is 0 Å². The maximum absolute atomic E-state index is 12.6. The number of piperidine rings is 1. The molecule has 1 amide bonds. The summed E-state index contributed by atoms with van der Waals surface area (Å²) in [6.45, 7) is 1.59. The second-order valence-electron chi connectivity index (χ2n) is 6.61. The molecule has 0 aliphatic carbocycles. The zero-order chi connectivity index (χ0) is 19.9. The van der Waals surface area contributed by atoms with Crippen molar-refractivity contribution in [2.75, 3.05) is 39.3 Å². The fourth-order valence-corrected chi connectivity index (χ4v) is 3.43. The third-order valence-corrected chi connectivity index (χ3v) is 4.71. The molecule has 1 N–H and O–H groups in total. The summed E-state index contributed by atoms with van der Waals surface area (Å²) in [4.78, 5) is 23.3. The number of benzene rings is 1. The van der Waals surface area contributed by atoms with Crippen LogP contribution in [0, 0.1) is 0 Å². The second-order valence-corrected chi connectivity index (χ2v) is 6.61. The number of nitrogens with zero attached hydrogens (tertiary/aromatic N) is 3. The highest BCUT2D eigenvalue weighted by Crippen LogP contribution is 2.38. The Morgan fingerprint density at radius 3 is 2.43 bits per heavy atom. The van der Waals surface area contributed by atoms with Gasteiger partial charge in [-0.15, -0.1) is 0 Å². The van der Waals surface area contributed by atoms with E-state index < -0.39 is 0 Å². The van der Waals surface area contributed by atoms with Crippen molar-refractivity contribution in [1.29, 1.82) is 0 Å². The monoisotopic (exact) mass is 386 g/mol. The van der Waals surface area contributed by atoms with Gasteiger partial charge in [-0.25, -0.2) is 9.97 Å². The smallest absolute Gasteiger partial charge is 0.225 e. The van der Waals surface area contributed by atoms with Crippen molar-refractivity contribution in [3.05, 3.63) is 36.2 Å². The van der Waals surface area contributed by atoms with Crippen LogP contribution in [0.5, 0.6) is 17.2 Å². The highest BCUT2D eigenvalue weighted by atomic mass is 16.5. The molecule has 2 aromatic rings. The lowest BCUT2D eigenvalue weighted by Crippen LogP contribution is -2.48. The predicted octanol–water partition coefficient (Wildman–Crippen LogP) is 1.83. The van der Waals surface area contributed by atoms with Gasteiger partial charge in [0, 0.05) is 31.5 Å². The van der Waals surface area contributed by atoms with Crippen LogP contribution in [0.15, 0.2) is 30.6 Å². The molecular weight excluding hydrogens is 360 g/mol. The first-order chi connectivity index (χ1) is 13.6. The quantitative estimate of drug-likeness (QED) is 0.777. The van der Waals surface area contributed by atoms with Gasteiger partial charge in [-0.1, -0.05) is 0 Å². The molecule has 1 unspecified atom stereocenters. The molecule has 150 valence electrons. The molecule has 2 heterocycles. The first-order valence-corrected chi connectivity index (χ1v) is 9.24. The fraction of sp³-hybridized carbons (Fsp3) is 0.450. The normalized spacial score (nSPS) is 16.4. The van der Waals surface area contributed by atoms with Crippen molar-refractivity contribution in [2.24, 2.45) is 0 Å². The summed E-state index contributed by atoms with van der Waals surface area (Å²) in [5.74, 6) is 2.24.